The molecule has 2 unspecified atom stereocenters. The lowest BCUT2D eigenvalue weighted by molar-refractivity contribution is -0.267. The van der Waals surface area contributed by atoms with Crippen molar-refractivity contribution in [1.82, 2.24) is 0 Å². The van der Waals surface area contributed by atoms with E-state index in [-0.39, 0.29) is 4.88 Å². The number of carbonyl (C=O) groups is 1. The minimum absolute atomic E-state index is 0.368. The quantitative estimate of drug-likeness (QED) is 0.217. The normalized spacial score (nSPS) is 14.9. The van der Waals surface area contributed by atoms with Crippen LogP contribution in [0.15, 0.2) is 109 Å². The average Bonchev–Trinajstić information content (AvgIpc) is 3.42. The molecule has 0 saturated carbocycles. The van der Waals surface area contributed by atoms with E-state index in [1.807, 2.05) is 0 Å². The van der Waals surface area contributed by atoms with Gasteiger partial charge in [0.05, 0.1) is 4.88 Å². The monoisotopic (exact) mass is 557 g/mol. The fourth-order valence-electron chi connectivity index (χ4n) is 4.78. The van der Waals surface area contributed by atoms with Crippen molar-refractivity contribution >= 4 is 40.5 Å². The fourth-order valence-corrected chi connectivity index (χ4v) is 10.7. The Bertz CT molecular complexity index is 1240. The summed E-state index contributed by atoms with van der Waals surface area (Å²) in [5.41, 5.74) is -6.68. The van der Waals surface area contributed by atoms with Gasteiger partial charge in [-0.2, -0.15) is 13.2 Å². The Labute approximate surface area is 225 Å². The number of ether oxygens (including phenoxy) is 1. The van der Waals surface area contributed by atoms with Crippen LogP contribution in [0.2, 0.25) is 0 Å². The number of thiophene rings is 1. The number of benzene rings is 3. The molecule has 8 heteroatoms. The molecule has 4 rings (SSSR count). The molecule has 0 aliphatic rings. The summed E-state index contributed by atoms with van der Waals surface area (Å²) in [6.07, 6.45) is -5.21. The molecule has 0 aliphatic carbocycles. The number of aliphatic hydroxyl groups is 1. The third-order valence-electron chi connectivity index (χ3n) is 6.23. The van der Waals surface area contributed by atoms with E-state index in [4.69, 9.17) is 4.74 Å². The summed E-state index contributed by atoms with van der Waals surface area (Å²) < 4.78 is 51.8. The van der Waals surface area contributed by atoms with Crippen LogP contribution >= 0.6 is 18.6 Å². The van der Waals surface area contributed by atoms with E-state index in [0.717, 1.165) is 11.3 Å². The first-order valence-electron chi connectivity index (χ1n) is 12.0. The Morgan fingerprint density at radius 1 is 0.763 bits per heavy atom. The van der Waals surface area contributed by atoms with E-state index in [1.54, 1.807) is 112 Å². The smallest absolute Gasteiger partial charge is 0.426 e. The minimum atomic E-state index is -5.21. The van der Waals surface area contributed by atoms with E-state index >= 15 is 13.2 Å². The molecule has 0 amide bonds. The molecule has 0 bridgehead atoms. The van der Waals surface area contributed by atoms with Gasteiger partial charge in [-0.25, -0.2) is 4.79 Å². The molecular formula is C30H29F3O3PS+. The number of alkyl halides is 3. The molecule has 4 aromatic rings. The molecule has 198 valence electrons. The predicted molar refractivity (Wildman–Crippen MR) is 149 cm³/mol. The van der Waals surface area contributed by atoms with Crippen molar-refractivity contribution < 1.29 is 27.8 Å². The summed E-state index contributed by atoms with van der Waals surface area (Å²) in [5.74, 6) is -1.12. The van der Waals surface area contributed by atoms with Crippen molar-refractivity contribution in [2.75, 3.05) is 0 Å². The summed E-state index contributed by atoms with van der Waals surface area (Å²) >= 11 is 0.762. The van der Waals surface area contributed by atoms with Gasteiger partial charge in [0, 0.05) is 0 Å². The zero-order chi connectivity index (χ0) is 27.6. The van der Waals surface area contributed by atoms with Crippen molar-refractivity contribution in [2.45, 2.75) is 43.8 Å². The second-order valence-corrected chi connectivity index (χ2v) is 14.4. The van der Waals surface area contributed by atoms with Crippen molar-refractivity contribution in [3.63, 3.8) is 0 Å². The Balaban J connectivity index is 2.24. The molecule has 1 aromatic heterocycles. The standard InChI is InChI=1S/C30H29F3O3PS/c1-28(2,3)36-27(34)26(29(35,30(31,32)33)25-20-13-21-38-25)37(22-14-7-4-8-15-22,23-16-9-5-10-17-23)24-18-11-6-12-19-24/h4-21,26,35H,1-3H3/q+1. The van der Waals surface area contributed by atoms with Gasteiger partial charge in [0.15, 0.2) is 0 Å². The van der Waals surface area contributed by atoms with Crippen LogP contribution in [-0.4, -0.2) is 28.5 Å². The van der Waals surface area contributed by atoms with Gasteiger partial charge in [0.2, 0.25) is 11.3 Å². The molecule has 1 N–H and O–H groups in total. The first-order chi connectivity index (χ1) is 17.9. The first kappa shape index (κ1) is 28.0. The highest BCUT2D eigenvalue weighted by Crippen LogP contribution is 2.67. The van der Waals surface area contributed by atoms with Gasteiger partial charge in [0.1, 0.15) is 28.8 Å². The first-order valence-corrected chi connectivity index (χ1v) is 14.8. The van der Waals surface area contributed by atoms with Gasteiger partial charge in [-0.1, -0.05) is 60.7 Å². The molecule has 0 saturated heterocycles. The third-order valence-corrected chi connectivity index (χ3v) is 11.9. The topological polar surface area (TPSA) is 46.5 Å². The minimum Gasteiger partial charge on any atom is -0.457 e. The Morgan fingerprint density at radius 3 is 1.50 bits per heavy atom. The molecule has 0 aliphatic heterocycles. The van der Waals surface area contributed by atoms with Gasteiger partial charge in [-0.3, -0.25) is 0 Å². The number of hydrogen-bond acceptors (Lipinski definition) is 4. The SMILES string of the molecule is CC(C)(C)OC(=O)C(C(O)(c1cccs1)C(F)(F)F)[P+](c1ccccc1)(c1ccccc1)c1ccccc1. The van der Waals surface area contributed by atoms with Crippen molar-refractivity contribution in [3.05, 3.63) is 113 Å². The molecule has 3 aromatic carbocycles. The summed E-state index contributed by atoms with van der Waals surface area (Å²) in [5, 5.41) is 15.1. The number of carbonyl (C=O) groups excluding carboxylic acids is 1. The van der Waals surface area contributed by atoms with Gasteiger partial charge >= 0.3 is 12.1 Å². The molecule has 0 spiro atoms. The highest BCUT2D eigenvalue weighted by Gasteiger charge is 2.75. The molecule has 0 fully saturated rings. The summed E-state index contributed by atoms with van der Waals surface area (Å²) in [4.78, 5) is 13.9. The van der Waals surface area contributed by atoms with Crippen LogP contribution < -0.4 is 15.9 Å². The number of esters is 1. The molecule has 3 nitrogen and oxygen atoms in total. The maximum atomic E-state index is 15.4. The van der Waals surface area contributed by atoms with Crippen molar-refractivity contribution in [3.8, 4) is 0 Å². The highest BCUT2D eigenvalue weighted by molar-refractivity contribution is 7.97. The zero-order valence-electron chi connectivity index (χ0n) is 21.2. The van der Waals surface area contributed by atoms with Crippen LogP contribution in [0, 0.1) is 0 Å². The second kappa shape index (κ2) is 10.6. The van der Waals surface area contributed by atoms with Crippen LogP contribution in [0.1, 0.15) is 25.6 Å². The summed E-state index contributed by atoms with van der Waals surface area (Å²) in [6.45, 7) is 4.81. The van der Waals surface area contributed by atoms with E-state index in [0.29, 0.717) is 15.9 Å². The van der Waals surface area contributed by atoms with Crippen LogP contribution in [-0.2, 0) is 15.1 Å². The third kappa shape index (κ3) is 5.03. The van der Waals surface area contributed by atoms with Crippen LogP contribution in [0.3, 0.4) is 0 Å². The van der Waals surface area contributed by atoms with Crippen LogP contribution in [0.5, 0.6) is 0 Å². The largest absolute Gasteiger partial charge is 0.457 e. The van der Waals surface area contributed by atoms with Gasteiger partial charge in [-0.05, 0) is 68.6 Å². The Morgan fingerprint density at radius 2 is 1.18 bits per heavy atom. The predicted octanol–water partition coefficient (Wildman–Crippen LogP) is 6.20. The van der Waals surface area contributed by atoms with Gasteiger partial charge < -0.3 is 9.84 Å². The molecule has 38 heavy (non-hydrogen) atoms. The molecule has 0 radical (unpaired) electrons. The molecular weight excluding hydrogens is 528 g/mol. The lowest BCUT2D eigenvalue weighted by Crippen LogP contribution is -2.60. The maximum absolute atomic E-state index is 15.4. The van der Waals surface area contributed by atoms with Crippen LogP contribution in [0.4, 0.5) is 13.2 Å². The molecule has 2 atom stereocenters. The fraction of sp³-hybridized carbons (Fsp3) is 0.233. The van der Waals surface area contributed by atoms with E-state index in [1.165, 1.54) is 17.5 Å². The number of hydrogen-bond donors (Lipinski definition) is 1. The van der Waals surface area contributed by atoms with Gasteiger partial charge in [0.25, 0.3) is 0 Å². The Kier molecular flexibility index (Phi) is 7.85. The second-order valence-electron chi connectivity index (χ2n) is 9.91. The lowest BCUT2D eigenvalue weighted by Gasteiger charge is -2.42. The maximum Gasteiger partial charge on any atom is 0.426 e. The summed E-state index contributed by atoms with van der Waals surface area (Å²) in [6, 6.07) is 28.8. The van der Waals surface area contributed by atoms with Crippen molar-refractivity contribution in [1.29, 1.82) is 0 Å². The van der Waals surface area contributed by atoms with E-state index in [2.05, 4.69) is 0 Å². The highest BCUT2D eigenvalue weighted by atomic mass is 32.1. The number of rotatable bonds is 7. The van der Waals surface area contributed by atoms with Crippen molar-refractivity contribution in [2.24, 2.45) is 0 Å². The van der Waals surface area contributed by atoms with Crippen LogP contribution in [0.25, 0.3) is 0 Å². The Hall–Kier alpha value is -2.99. The molecule has 1 heterocycles. The zero-order valence-corrected chi connectivity index (χ0v) is 22.9. The van der Waals surface area contributed by atoms with Gasteiger partial charge in [-0.15, -0.1) is 11.3 Å². The van der Waals surface area contributed by atoms with E-state index in [9.17, 15) is 9.90 Å². The lowest BCUT2D eigenvalue weighted by atomic mass is 9.96. The summed E-state index contributed by atoms with van der Waals surface area (Å²) in [7, 11) is -3.60. The average molecular weight is 558 g/mol. The number of halogens is 3. The van der Waals surface area contributed by atoms with E-state index < -0.39 is 36.3 Å².